The van der Waals surface area contributed by atoms with Crippen molar-refractivity contribution in [2.24, 2.45) is 11.3 Å². The second-order valence-corrected chi connectivity index (χ2v) is 7.03. The van der Waals surface area contributed by atoms with Gasteiger partial charge in [0.15, 0.2) is 0 Å². The molecule has 0 aliphatic heterocycles. The fraction of sp³-hybridized carbons (Fsp3) is 0.700. The molecule has 1 nitrogen and oxygen atoms in total. The van der Waals surface area contributed by atoms with Gasteiger partial charge in [0.05, 0.1) is 0 Å². The molecule has 0 unspecified atom stereocenters. The van der Waals surface area contributed by atoms with Gasteiger partial charge >= 0.3 is 0 Å². The summed E-state index contributed by atoms with van der Waals surface area (Å²) in [5.41, 5.74) is 2.02. The first-order valence-electron chi connectivity index (χ1n) is 9.02. The third-order valence-corrected chi connectivity index (χ3v) is 5.30. The Balaban J connectivity index is 1.95. The Morgan fingerprint density at radius 2 is 1.81 bits per heavy atom. The second-order valence-electron chi connectivity index (χ2n) is 7.03. The highest BCUT2D eigenvalue weighted by Gasteiger charge is 2.34. The third-order valence-electron chi connectivity index (χ3n) is 5.30. The number of nitrogens with one attached hydrogen (secondary N) is 1. The summed E-state index contributed by atoms with van der Waals surface area (Å²) in [5.74, 6) is 0.996. The Morgan fingerprint density at radius 1 is 1.10 bits per heavy atom. The SMILES string of the molecule is CCCCC1CCC(CNCC)(Cc2ccccc2)CC1. The van der Waals surface area contributed by atoms with Gasteiger partial charge in [-0.3, -0.25) is 0 Å². The van der Waals surface area contributed by atoms with E-state index in [0.29, 0.717) is 5.41 Å². The molecule has 2 rings (SSSR count). The number of hydrogen-bond acceptors (Lipinski definition) is 1. The van der Waals surface area contributed by atoms with Crippen molar-refractivity contribution in [3.05, 3.63) is 35.9 Å². The molecule has 1 aliphatic carbocycles. The first kappa shape index (κ1) is 16.5. The predicted molar refractivity (Wildman–Crippen MR) is 92.6 cm³/mol. The van der Waals surface area contributed by atoms with E-state index in [1.807, 2.05) is 0 Å². The molecule has 0 radical (unpaired) electrons. The quantitative estimate of drug-likeness (QED) is 0.692. The lowest BCUT2D eigenvalue weighted by Gasteiger charge is -2.41. The van der Waals surface area contributed by atoms with Gasteiger partial charge < -0.3 is 5.32 Å². The van der Waals surface area contributed by atoms with E-state index in [1.54, 1.807) is 0 Å². The number of rotatable bonds is 8. The summed E-state index contributed by atoms with van der Waals surface area (Å²) in [7, 11) is 0. The molecule has 118 valence electrons. The summed E-state index contributed by atoms with van der Waals surface area (Å²) >= 11 is 0. The van der Waals surface area contributed by atoms with Gasteiger partial charge in [0.1, 0.15) is 0 Å². The van der Waals surface area contributed by atoms with Crippen molar-refractivity contribution < 1.29 is 0 Å². The van der Waals surface area contributed by atoms with E-state index in [0.717, 1.165) is 12.5 Å². The minimum atomic E-state index is 0.500. The normalized spacial score (nSPS) is 25.9. The molecule has 0 bridgehead atoms. The van der Waals surface area contributed by atoms with Crippen molar-refractivity contribution in [1.29, 1.82) is 0 Å². The van der Waals surface area contributed by atoms with Crippen molar-refractivity contribution in [2.45, 2.75) is 65.2 Å². The monoisotopic (exact) mass is 287 g/mol. The fourth-order valence-corrected chi connectivity index (χ4v) is 3.91. The largest absolute Gasteiger partial charge is 0.316 e. The first-order valence-corrected chi connectivity index (χ1v) is 9.02. The van der Waals surface area contributed by atoms with Crippen LogP contribution in [0.1, 0.15) is 64.4 Å². The van der Waals surface area contributed by atoms with E-state index in [4.69, 9.17) is 0 Å². The van der Waals surface area contributed by atoms with Crippen LogP contribution in [0.2, 0.25) is 0 Å². The van der Waals surface area contributed by atoms with Gasteiger partial charge in [0, 0.05) is 6.54 Å². The summed E-state index contributed by atoms with van der Waals surface area (Å²) in [6.45, 7) is 6.82. The van der Waals surface area contributed by atoms with Crippen LogP contribution in [0.3, 0.4) is 0 Å². The molecule has 0 atom stereocenters. The molecule has 1 heteroatoms. The Labute approximate surface area is 131 Å². The fourth-order valence-electron chi connectivity index (χ4n) is 3.91. The molecule has 21 heavy (non-hydrogen) atoms. The molecule has 1 aromatic carbocycles. The van der Waals surface area contributed by atoms with Crippen molar-refractivity contribution in [1.82, 2.24) is 5.32 Å². The molecule has 1 N–H and O–H groups in total. The summed E-state index contributed by atoms with van der Waals surface area (Å²) in [6.07, 6.45) is 11.2. The first-order chi connectivity index (χ1) is 10.3. The van der Waals surface area contributed by atoms with Crippen LogP contribution in [0.15, 0.2) is 30.3 Å². The van der Waals surface area contributed by atoms with E-state index in [-0.39, 0.29) is 0 Å². The zero-order chi connectivity index (χ0) is 15.0. The molecular formula is C20H33N. The van der Waals surface area contributed by atoms with Crippen molar-refractivity contribution in [3.63, 3.8) is 0 Å². The molecule has 1 aromatic rings. The van der Waals surface area contributed by atoms with Crippen LogP contribution in [0.4, 0.5) is 0 Å². The third kappa shape index (κ3) is 5.14. The Morgan fingerprint density at radius 3 is 2.43 bits per heavy atom. The van der Waals surface area contributed by atoms with Gasteiger partial charge in [-0.25, -0.2) is 0 Å². The topological polar surface area (TPSA) is 12.0 Å². The van der Waals surface area contributed by atoms with Gasteiger partial charge in [0.25, 0.3) is 0 Å². The van der Waals surface area contributed by atoms with Crippen LogP contribution in [-0.4, -0.2) is 13.1 Å². The predicted octanol–water partition coefficient (Wildman–Crippen LogP) is 5.21. The van der Waals surface area contributed by atoms with Crippen molar-refractivity contribution in [3.8, 4) is 0 Å². The zero-order valence-electron chi connectivity index (χ0n) is 14.0. The average Bonchev–Trinajstić information content (AvgIpc) is 2.53. The van der Waals surface area contributed by atoms with Crippen LogP contribution >= 0.6 is 0 Å². The molecular weight excluding hydrogens is 254 g/mol. The van der Waals surface area contributed by atoms with Gasteiger partial charge in [0.2, 0.25) is 0 Å². The Kier molecular flexibility index (Phi) is 6.76. The van der Waals surface area contributed by atoms with E-state index in [2.05, 4.69) is 49.5 Å². The van der Waals surface area contributed by atoms with Crippen LogP contribution in [0, 0.1) is 11.3 Å². The van der Waals surface area contributed by atoms with E-state index in [1.165, 1.54) is 63.5 Å². The minimum absolute atomic E-state index is 0.500. The maximum atomic E-state index is 3.64. The Hall–Kier alpha value is -0.820. The van der Waals surface area contributed by atoms with Crippen molar-refractivity contribution >= 4 is 0 Å². The minimum Gasteiger partial charge on any atom is -0.316 e. The van der Waals surface area contributed by atoms with Gasteiger partial charge in [-0.15, -0.1) is 0 Å². The highest BCUT2D eigenvalue weighted by atomic mass is 14.9. The van der Waals surface area contributed by atoms with E-state index >= 15 is 0 Å². The molecule has 1 fully saturated rings. The maximum Gasteiger partial charge on any atom is 0.00109 e. The zero-order valence-corrected chi connectivity index (χ0v) is 14.0. The number of unbranched alkanes of at least 4 members (excludes halogenated alkanes) is 1. The lowest BCUT2D eigenvalue weighted by Crippen LogP contribution is -2.39. The molecule has 0 saturated heterocycles. The van der Waals surface area contributed by atoms with E-state index < -0.39 is 0 Å². The van der Waals surface area contributed by atoms with Gasteiger partial charge in [-0.1, -0.05) is 63.4 Å². The Bertz CT molecular complexity index is 376. The lowest BCUT2D eigenvalue weighted by molar-refractivity contribution is 0.139. The summed E-state index contributed by atoms with van der Waals surface area (Å²) in [4.78, 5) is 0. The maximum absolute atomic E-state index is 3.64. The van der Waals surface area contributed by atoms with Gasteiger partial charge in [-0.2, -0.15) is 0 Å². The van der Waals surface area contributed by atoms with Crippen LogP contribution in [0.5, 0.6) is 0 Å². The summed E-state index contributed by atoms with van der Waals surface area (Å²) < 4.78 is 0. The van der Waals surface area contributed by atoms with Gasteiger partial charge in [-0.05, 0) is 55.5 Å². The number of hydrogen-bond donors (Lipinski definition) is 1. The van der Waals surface area contributed by atoms with Crippen LogP contribution in [-0.2, 0) is 6.42 Å². The highest BCUT2D eigenvalue weighted by Crippen LogP contribution is 2.42. The molecule has 1 aliphatic rings. The number of benzene rings is 1. The van der Waals surface area contributed by atoms with E-state index in [9.17, 15) is 0 Å². The highest BCUT2D eigenvalue weighted by molar-refractivity contribution is 5.17. The van der Waals surface area contributed by atoms with Crippen LogP contribution < -0.4 is 5.32 Å². The molecule has 0 aromatic heterocycles. The smallest absolute Gasteiger partial charge is 0.00109 e. The standard InChI is InChI=1S/C20H33N/c1-3-5-9-18-12-14-20(15-13-18,17-21-4-2)16-19-10-7-6-8-11-19/h6-8,10-11,18,21H,3-5,9,12-17H2,1-2H3. The van der Waals surface area contributed by atoms with Crippen molar-refractivity contribution in [2.75, 3.05) is 13.1 Å². The molecule has 0 amide bonds. The summed E-state index contributed by atoms with van der Waals surface area (Å²) in [6, 6.07) is 11.1. The average molecular weight is 287 g/mol. The summed E-state index contributed by atoms with van der Waals surface area (Å²) in [5, 5.41) is 3.64. The van der Waals surface area contributed by atoms with Crippen LogP contribution in [0.25, 0.3) is 0 Å². The molecule has 1 saturated carbocycles. The molecule has 0 heterocycles. The second kappa shape index (κ2) is 8.58. The lowest BCUT2D eigenvalue weighted by atomic mass is 9.66. The molecule has 0 spiro atoms.